The summed E-state index contributed by atoms with van der Waals surface area (Å²) in [5, 5.41) is 9.80. The number of hydrogen-bond acceptors (Lipinski definition) is 5. The summed E-state index contributed by atoms with van der Waals surface area (Å²) in [5.74, 6) is 2.64. The lowest BCUT2D eigenvalue weighted by Crippen LogP contribution is -2.41. The molecule has 0 radical (unpaired) electrons. The molecule has 2 aromatic rings. The van der Waals surface area contributed by atoms with Gasteiger partial charge in [-0.2, -0.15) is 0 Å². The number of aromatic nitrogens is 1. The van der Waals surface area contributed by atoms with Crippen molar-refractivity contribution in [3.8, 4) is 11.5 Å². The summed E-state index contributed by atoms with van der Waals surface area (Å²) in [7, 11) is 3.39. The molecule has 142 valence electrons. The zero-order chi connectivity index (χ0) is 18.9. The van der Waals surface area contributed by atoms with Crippen LogP contribution in [0.15, 0.2) is 34.6 Å². The largest absolute Gasteiger partial charge is 0.493 e. The molecule has 1 unspecified atom stereocenters. The minimum atomic E-state index is -0.0448. The molecule has 7 heteroatoms. The number of guanidine groups is 1. The van der Waals surface area contributed by atoms with Crippen LogP contribution in [0.1, 0.15) is 37.4 Å². The van der Waals surface area contributed by atoms with Gasteiger partial charge in [0.1, 0.15) is 6.10 Å². The quantitative estimate of drug-likeness (QED) is 0.546. The lowest BCUT2D eigenvalue weighted by atomic mass is 10.2. The van der Waals surface area contributed by atoms with E-state index in [1.165, 1.54) is 0 Å². The first kappa shape index (κ1) is 20.0. The van der Waals surface area contributed by atoms with Gasteiger partial charge in [0.05, 0.1) is 30.9 Å². The summed E-state index contributed by atoms with van der Waals surface area (Å²) < 4.78 is 11.3. The van der Waals surface area contributed by atoms with Crippen LogP contribution in [0.25, 0.3) is 0 Å². The van der Waals surface area contributed by atoms with Gasteiger partial charge in [0.15, 0.2) is 17.5 Å². The van der Waals surface area contributed by atoms with Crippen molar-refractivity contribution in [2.75, 3.05) is 20.7 Å². The van der Waals surface area contributed by atoms with Gasteiger partial charge in [0, 0.05) is 18.3 Å². The standard InChI is InChI=1S/C19H28N4O2S/c1-13(2)18-23-15(12-26-18)11-22-19(20-4)21-10-14(3)25-17-9-7-6-8-16(17)24-5/h6-9,12-14H,10-11H2,1-5H3,(H2,20,21,22). The second-order valence-electron chi connectivity index (χ2n) is 6.22. The molecule has 1 heterocycles. The van der Waals surface area contributed by atoms with E-state index in [-0.39, 0.29) is 6.10 Å². The molecule has 0 saturated carbocycles. The van der Waals surface area contributed by atoms with E-state index >= 15 is 0 Å². The maximum absolute atomic E-state index is 5.94. The third-order valence-electron chi connectivity index (χ3n) is 3.68. The molecule has 0 bridgehead atoms. The second kappa shape index (κ2) is 10.0. The first-order valence-electron chi connectivity index (χ1n) is 8.72. The Bertz CT molecular complexity index is 715. The monoisotopic (exact) mass is 376 g/mol. The normalized spacial score (nSPS) is 12.8. The van der Waals surface area contributed by atoms with E-state index in [1.54, 1.807) is 25.5 Å². The summed E-state index contributed by atoms with van der Waals surface area (Å²) in [6.45, 7) is 7.57. The van der Waals surface area contributed by atoms with Crippen LogP contribution >= 0.6 is 11.3 Å². The predicted octanol–water partition coefficient (Wildman–Crippen LogP) is 3.41. The van der Waals surface area contributed by atoms with Gasteiger partial charge in [-0.1, -0.05) is 26.0 Å². The Balaban J connectivity index is 1.80. The van der Waals surface area contributed by atoms with Crippen molar-refractivity contribution >= 4 is 17.3 Å². The molecule has 1 aromatic heterocycles. The fourth-order valence-corrected chi connectivity index (χ4v) is 3.11. The van der Waals surface area contributed by atoms with Crippen molar-refractivity contribution in [3.05, 3.63) is 40.3 Å². The van der Waals surface area contributed by atoms with Crippen LogP contribution < -0.4 is 20.1 Å². The highest BCUT2D eigenvalue weighted by Crippen LogP contribution is 2.26. The summed E-state index contributed by atoms with van der Waals surface area (Å²) in [5.41, 5.74) is 1.03. The Morgan fingerprint density at radius 2 is 1.92 bits per heavy atom. The van der Waals surface area contributed by atoms with Crippen LogP contribution in [-0.2, 0) is 6.54 Å². The van der Waals surface area contributed by atoms with Gasteiger partial charge in [-0.25, -0.2) is 4.98 Å². The van der Waals surface area contributed by atoms with Crippen molar-refractivity contribution in [2.45, 2.75) is 39.3 Å². The molecule has 0 fully saturated rings. The number of thiazole rings is 1. The summed E-state index contributed by atoms with van der Waals surface area (Å²) >= 11 is 1.70. The number of para-hydroxylation sites is 2. The number of hydrogen-bond donors (Lipinski definition) is 2. The van der Waals surface area contributed by atoms with Crippen molar-refractivity contribution in [2.24, 2.45) is 4.99 Å². The van der Waals surface area contributed by atoms with Crippen LogP contribution in [0.3, 0.4) is 0 Å². The average Bonchev–Trinajstić information content (AvgIpc) is 3.11. The van der Waals surface area contributed by atoms with Crippen LogP contribution in [0.5, 0.6) is 11.5 Å². The fourth-order valence-electron chi connectivity index (χ4n) is 2.28. The predicted molar refractivity (Wildman–Crippen MR) is 107 cm³/mol. The first-order valence-corrected chi connectivity index (χ1v) is 9.60. The molecule has 6 nitrogen and oxygen atoms in total. The minimum absolute atomic E-state index is 0.0448. The van der Waals surface area contributed by atoms with E-state index in [2.05, 4.69) is 39.8 Å². The SMILES string of the molecule is CN=C(NCc1csc(C(C)C)n1)NCC(C)Oc1ccccc1OC. The average molecular weight is 377 g/mol. The van der Waals surface area contributed by atoms with Crippen molar-refractivity contribution in [1.82, 2.24) is 15.6 Å². The molecular weight excluding hydrogens is 348 g/mol. The lowest BCUT2D eigenvalue weighted by molar-refractivity contribution is 0.213. The molecule has 0 aliphatic carbocycles. The minimum Gasteiger partial charge on any atom is -0.493 e. The highest BCUT2D eigenvalue weighted by atomic mass is 32.1. The van der Waals surface area contributed by atoms with Crippen LogP contribution in [0.2, 0.25) is 0 Å². The number of nitrogens with one attached hydrogen (secondary N) is 2. The third kappa shape index (κ3) is 5.91. The summed E-state index contributed by atoms with van der Waals surface area (Å²) in [6.07, 6.45) is -0.0448. The van der Waals surface area contributed by atoms with Crippen molar-refractivity contribution in [3.63, 3.8) is 0 Å². The first-order chi connectivity index (χ1) is 12.5. The van der Waals surface area contributed by atoms with Crippen molar-refractivity contribution < 1.29 is 9.47 Å². The molecule has 0 aliphatic rings. The van der Waals surface area contributed by atoms with E-state index in [0.29, 0.717) is 19.0 Å². The summed E-state index contributed by atoms with van der Waals surface area (Å²) in [6, 6.07) is 7.63. The molecular formula is C19H28N4O2S. The maximum atomic E-state index is 5.94. The molecule has 26 heavy (non-hydrogen) atoms. The van der Waals surface area contributed by atoms with E-state index in [0.717, 1.165) is 28.2 Å². The maximum Gasteiger partial charge on any atom is 0.191 e. The van der Waals surface area contributed by atoms with Gasteiger partial charge in [-0.3, -0.25) is 4.99 Å². The number of aliphatic imine (C=N–C) groups is 1. The number of nitrogens with zero attached hydrogens (tertiary/aromatic N) is 2. The van der Waals surface area contributed by atoms with E-state index in [9.17, 15) is 0 Å². The van der Waals surface area contributed by atoms with E-state index in [4.69, 9.17) is 9.47 Å². The van der Waals surface area contributed by atoms with Crippen LogP contribution in [0.4, 0.5) is 0 Å². The van der Waals surface area contributed by atoms with Gasteiger partial charge in [-0.15, -0.1) is 11.3 Å². The highest BCUT2D eigenvalue weighted by Gasteiger charge is 2.10. The van der Waals surface area contributed by atoms with Crippen molar-refractivity contribution in [1.29, 1.82) is 0 Å². The lowest BCUT2D eigenvalue weighted by Gasteiger charge is -2.18. The molecule has 0 amide bonds. The molecule has 2 rings (SSSR count). The fraction of sp³-hybridized carbons (Fsp3) is 0.474. The molecule has 0 spiro atoms. The second-order valence-corrected chi connectivity index (χ2v) is 7.11. The molecule has 0 aliphatic heterocycles. The Hall–Kier alpha value is -2.28. The Labute approximate surface area is 159 Å². The Morgan fingerprint density at radius 1 is 1.19 bits per heavy atom. The molecule has 0 saturated heterocycles. The smallest absolute Gasteiger partial charge is 0.191 e. The van der Waals surface area contributed by atoms with E-state index in [1.807, 2.05) is 31.2 Å². The topological polar surface area (TPSA) is 67.8 Å². The number of benzene rings is 1. The summed E-state index contributed by atoms with van der Waals surface area (Å²) in [4.78, 5) is 8.87. The Kier molecular flexibility index (Phi) is 7.72. The van der Waals surface area contributed by atoms with E-state index < -0.39 is 0 Å². The van der Waals surface area contributed by atoms with Crippen LogP contribution in [-0.4, -0.2) is 37.7 Å². The van der Waals surface area contributed by atoms with Gasteiger partial charge in [-0.05, 0) is 19.1 Å². The third-order valence-corrected chi connectivity index (χ3v) is 4.87. The number of ether oxygens (including phenoxy) is 2. The zero-order valence-electron chi connectivity index (χ0n) is 16.1. The molecule has 2 N–H and O–H groups in total. The highest BCUT2D eigenvalue weighted by molar-refractivity contribution is 7.09. The van der Waals surface area contributed by atoms with Crippen LogP contribution in [0, 0.1) is 0 Å². The van der Waals surface area contributed by atoms with Gasteiger partial charge in [0.25, 0.3) is 0 Å². The van der Waals surface area contributed by atoms with Gasteiger partial charge < -0.3 is 20.1 Å². The Morgan fingerprint density at radius 3 is 2.54 bits per heavy atom. The van der Waals surface area contributed by atoms with Gasteiger partial charge >= 0.3 is 0 Å². The van der Waals surface area contributed by atoms with Gasteiger partial charge in [0.2, 0.25) is 0 Å². The number of methoxy groups -OCH3 is 1. The molecule has 1 aromatic carbocycles. The zero-order valence-corrected chi connectivity index (χ0v) is 16.9. The molecule has 1 atom stereocenters. The number of rotatable bonds is 8.